The summed E-state index contributed by atoms with van der Waals surface area (Å²) in [4.78, 5) is 7.99. The Morgan fingerprint density at radius 3 is 2.70 bits per heavy atom. The first-order valence-corrected chi connectivity index (χ1v) is 9.99. The second-order valence-electron chi connectivity index (χ2n) is 7.91. The van der Waals surface area contributed by atoms with Gasteiger partial charge in [0, 0.05) is 30.7 Å². The minimum atomic E-state index is 0.525. The molecule has 0 atom stereocenters. The molecule has 6 heteroatoms. The van der Waals surface area contributed by atoms with Crippen molar-refractivity contribution in [1.82, 2.24) is 29.5 Å². The summed E-state index contributed by atoms with van der Waals surface area (Å²) in [6, 6.07) is 8.88. The van der Waals surface area contributed by atoms with Gasteiger partial charge in [0.15, 0.2) is 0 Å². The van der Waals surface area contributed by atoms with E-state index in [2.05, 4.69) is 74.8 Å². The van der Waals surface area contributed by atoms with E-state index >= 15 is 0 Å². The van der Waals surface area contributed by atoms with Crippen molar-refractivity contribution < 1.29 is 0 Å². The van der Waals surface area contributed by atoms with Crippen molar-refractivity contribution in [3.8, 4) is 0 Å². The monoisotopic (exact) mass is 366 g/mol. The van der Waals surface area contributed by atoms with E-state index in [1.165, 1.54) is 22.3 Å². The maximum absolute atomic E-state index is 4.57. The van der Waals surface area contributed by atoms with Gasteiger partial charge < -0.3 is 14.5 Å². The van der Waals surface area contributed by atoms with Crippen molar-refractivity contribution in [3.63, 3.8) is 0 Å². The van der Waals surface area contributed by atoms with Crippen LogP contribution in [0.25, 0.3) is 10.9 Å². The Labute approximate surface area is 161 Å². The van der Waals surface area contributed by atoms with Crippen molar-refractivity contribution >= 4 is 10.9 Å². The molecule has 0 unspecified atom stereocenters. The van der Waals surface area contributed by atoms with Gasteiger partial charge in [-0.05, 0) is 76.1 Å². The highest BCUT2D eigenvalue weighted by molar-refractivity contribution is 5.79. The van der Waals surface area contributed by atoms with E-state index in [0.717, 1.165) is 51.4 Å². The maximum atomic E-state index is 4.57. The molecule has 3 heterocycles. The number of hydrogen-bond acceptors (Lipinski definition) is 4. The Kier molecular flexibility index (Phi) is 5.27. The Bertz CT molecular complexity index is 885. The number of piperidine rings is 1. The molecule has 0 bridgehead atoms. The van der Waals surface area contributed by atoms with Crippen LogP contribution < -0.4 is 0 Å². The van der Waals surface area contributed by atoms with Gasteiger partial charge in [-0.2, -0.15) is 0 Å². The van der Waals surface area contributed by atoms with Gasteiger partial charge in [-0.15, -0.1) is 10.2 Å². The van der Waals surface area contributed by atoms with Crippen LogP contribution >= 0.6 is 0 Å². The van der Waals surface area contributed by atoms with Gasteiger partial charge in [0.25, 0.3) is 0 Å². The van der Waals surface area contributed by atoms with Crippen LogP contribution in [0.15, 0.2) is 30.5 Å². The summed E-state index contributed by atoms with van der Waals surface area (Å²) in [5, 5.41) is 10.3. The lowest BCUT2D eigenvalue weighted by atomic mass is 9.95. The minimum absolute atomic E-state index is 0.525. The molecule has 1 saturated heterocycles. The zero-order valence-electron chi connectivity index (χ0n) is 16.6. The third-order valence-corrected chi connectivity index (χ3v) is 5.61. The van der Waals surface area contributed by atoms with Crippen LogP contribution in [0.3, 0.4) is 0 Å². The fourth-order valence-corrected chi connectivity index (χ4v) is 4.20. The van der Waals surface area contributed by atoms with Crippen molar-refractivity contribution in [2.45, 2.75) is 45.3 Å². The Morgan fingerprint density at radius 2 is 1.96 bits per heavy atom. The molecule has 6 nitrogen and oxygen atoms in total. The number of benzene rings is 1. The molecule has 3 aromatic rings. The summed E-state index contributed by atoms with van der Waals surface area (Å²) in [6.07, 6.45) is 4.33. The first-order valence-electron chi connectivity index (χ1n) is 9.99. The molecule has 27 heavy (non-hydrogen) atoms. The molecular weight excluding hydrogens is 336 g/mol. The van der Waals surface area contributed by atoms with E-state index in [-0.39, 0.29) is 0 Å². The molecule has 1 fully saturated rings. The van der Waals surface area contributed by atoms with Crippen molar-refractivity contribution in [2.75, 3.05) is 27.2 Å². The van der Waals surface area contributed by atoms with Crippen LogP contribution in [0.1, 0.15) is 42.9 Å². The number of rotatable bonds is 6. The van der Waals surface area contributed by atoms with Gasteiger partial charge >= 0.3 is 0 Å². The number of fused-ring (bicyclic) bond motifs is 1. The highest BCUT2D eigenvalue weighted by Gasteiger charge is 2.26. The van der Waals surface area contributed by atoms with Gasteiger partial charge in [0.05, 0.1) is 6.54 Å². The van der Waals surface area contributed by atoms with Crippen LogP contribution in [0.4, 0.5) is 0 Å². The molecule has 1 aromatic carbocycles. The Hall–Kier alpha value is -2.18. The van der Waals surface area contributed by atoms with Crippen LogP contribution in [0.5, 0.6) is 0 Å². The summed E-state index contributed by atoms with van der Waals surface area (Å²) < 4.78 is 2.32. The minimum Gasteiger partial charge on any atom is -0.361 e. The number of H-pyrrole nitrogens is 1. The average molecular weight is 367 g/mol. The van der Waals surface area contributed by atoms with E-state index in [1.54, 1.807) is 0 Å². The lowest BCUT2D eigenvalue weighted by molar-refractivity contribution is 0.200. The maximum Gasteiger partial charge on any atom is 0.147 e. The summed E-state index contributed by atoms with van der Waals surface area (Å²) in [7, 11) is 4.16. The van der Waals surface area contributed by atoms with E-state index in [1.807, 2.05) is 6.20 Å². The van der Waals surface area contributed by atoms with E-state index in [9.17, 15) is 0 Å². The molecule has 1 aliphatic rings. The van der Waals surface area contributed by atoms with Crippen molar-refractivity contribution in [3.05, 3.63) is 47.7 Å². The normalized spacial score (nSPS) is 16.6. The molecule has 0 spiro atoms. The van der Waals surface area contributed by atoms with Gasteiger partial charge in [0.1, 0.15) is 11.6 Å². The van der Waals surface area contributed by atoms with E-state index in [0.29, 0.717) is 5.92 Å². The molecule has 0 radical (unpaired) electrons. The summed E-state index contributed by atoms with van der Waals surface area (Å²) in [5.41, 5.74) is 2.61. The predicted octanol–water partition coefficient (Wildman–Crippen LogP) is 3.22. The standard InChI is InChI=1S/C21H30N6/c1-4-27-20(15-25(2)3)23-24-21(27)17-8-11-26(12-9-17)14-16-5-6-19-18(13-16)7-10-22-19/h5-7,10,13,17,22H,4,8-9,11-12,14-15H2,1-3H3. The summed E-state index contributed by atoms with van der Waals surface area (Å²) >= 11 is 0. The molecule has 2 aromatic heterocycles. The molecule has 144 valence electrons. The number of aromatic nitrogens is 4. The van der Waals surface area contributed by atoms with Gasteiger partial charge in [-0.1, -0.05) is 6.07 Å². The fraction of sp³-hybridized carbons (Fsp3) is 0.524. The highest BCUT2D eigenvalue weighted by Crippen LogP contribution is 2.28. The highest BCUT2D eigenvalue weighted by atomic mass is 15.3. The van der Waals surface area contributed by atoms with Crippen molar-refractivity contribution in [1.29, 1.82) is 0 Å². The Balaban J connectivity index is 1.39. The zero-order valence-corrected chi connectivity index (χ0v) is 16.6. The molecular formula is C21H30N6. The van der Waals surface area contributed by atoms with E-state index < -0.39 is 0 Å². The lowest BCUT2D eigenvalue weighted by Gasteiger charge is -2.31. The average Bonchev–Trinajstić information content (AvgIpc) is 3.28. The second kappa shape index (κ2) is 7.82. The smallest absolute Gasteiger partial charge is 0.147 e. The topological polar surface area (TPSA) is 53.0 Å². The lowest BCUT2D eigenvalue weighted by Crippen LogP contribution is -2.33. The van der Waals surface area contributed by atoms with Gasteiger partial charge in [-0.3, -0.25) is 4.90 Å². The first-order chi connectivity index (χ1) is 13.1. The number of nitrogens with one attached hydrogen (secondary N) is 1. The van der Waals surface area contributed by atoms with Crippen molar-refractivity contribution in [2.24, 2.45) is 0 Å². The fourth-order valence-electron chi connectivity index (χ4n) is 4.20. The molecule has 1 aliphatic heterocycles. The number of aromatic amines is 1. The molecule has 0 saturated carbocycles. The number of hydrogen-bond donors (Lipinski definition) is 1. The van der Waals surface area contributed by atoms with Gasteiger partial charge in [-0.25, -0.2) is 0 Å². The van der Waals surface area contributed by atoms with E-state index in [4.69, 9.17) is 0 Å². The van der Waals surface area contributed by atoms with Crippen LogP contribution in [-0.4, -0.2) is 56.7 Å². The summed E-state index contributed by atoms with van der Waals surface area (Å²) in [6.45, 7) is 7.26. The van der Waals surface area contributed by atoms with Crippen LogP contribution in [0, 0.1) is 0 Å². The SMILES string of the molecule is CCn1c(CN(C)C)nnc1C1CCN(Cc2ccc3[nH]ccc3c2)CC1. The molecule has 0 amide bonds. The van der Waals surface area contributed by atoms with Gasteiger partial charge in [0.2, 0.25) is 0 Å². The summed E-state index contributed by atoms with van der Waals surface area (Å²) in [5.74, 6) is 2.79. The number of likely N-dealkylation sites (tertiary alicyclic amines) is 1. The molecule has 1 N–H and O–H groups in total. The Morgan fingerprint density at radius 1 is 1.15 bits per heavy atom. The first kappa shape index (κ1) is 18.2. The predicted molar refractivity (Wildman–Crippen MR) is 109 cm³/mol. The quantitative estimate of drug-likeness (QED) is 0.728. The zero-order chi connectivity index (χ0) is 18.8. The molecule has 4 rings (SSSR count). The van der Waals surface area contributed by atoms with Crippen LogP contribution in [0.2, 0.25) is 0 Å². The second-order valence-corrected chi connectivity index (χ2v) is 7.91. The largest absolute Gasteiger partial charge is 0.361 e. The number of nitrogens with zero attached hydrogens (tertiary/aromatic N) is 5. The van der Waals surface area contributed by atoms with Crippen LogP contribution in [-0.2, 0) is 19.6 Å². The third-order valence-electron chi connectivity index (χ3n) is 5.61. The molecule has 0 aliphatic carbocycles. The third kappa shape index (κ3) is 3.92.